The number of halogens is 1. The van der Waals surface area contributed by atoms with Crippen LogP contribution in [0.1, 0.15) is 32.6 Å². The summed E-state index contributed by atoms with van der Waals surface area (Å²) < 4.78 is 1.17. The van der Waals surface area contributed by atoms with Crippen LogP contribution in [-0.2, 0) is 16.1 Å². The summed E-state index contributed by atoms with van der Waals surface area (Å²) in [5.41, 5.74) is 2.53. The summed E-state index contributed by atoms with van der Waals surface area (Å²) in [6.07, 6.45) is 4.02. The molecule has 4 amide bonds. The maximum absolute atomic E-state index is 13.2. The van der Waals surface area contributed by atoms with Crippen LogP contribution in [0.15, 0.2) is 40.8 Å². The van der Waals surface area contributed by atoms with Crippen LogP contribution in [0.3, 0.4) is 0 Å². The molecule has 0 unspecified atom stereocenters. The molecule has 2 aliphatic rings. The molecule has 0 radical (unpaired) electrons. The lowest BCUT2D eigenvalue weighted by atomic mass is 9.77. The highest BCUT2D eigenvalue weighted by molar-refractivity contribution is 7.17. The molecule has 0 bridgehead atoms. The molecular weight excluding hydrogens is 478 g/mol. The number of hydrogen-bond acceptors (Lipinski definition) is 6. The molecule has 2 aromatic heterocycles. The van der Waals surface area contributed by atoms with E-state index in [1.165, 1.54) is 22.2 Å². The number of benzene rings is 1. The van der Waals surface area contributed by atoms with E-state index in [0.717, 1.165) is 23.4 Å². The van der Waals surface area contributed by atoms with Crippen molar-refractivity contribution in [2.45, 2.75) is 44.7 Å². The molecule has 1 saturated carbocycles. The number of nitrogens with one attached hydrogen (secondary N) is 2. The zero-order chi connectivity index (χ0) is 24.0. The largest absolute Gasteiger partial charge is 0.344 e. The van der Waals surface area contributed by atoms with Crippen LogP contribution < -0.4 is 16.3 Å². The Hall–Kier alpha value is -3.24. The van der Waals surface area contributed by atoms with Crippen molar-refractivity contribution < 1.29 is 14.4 Å². The standard InChI is InChI=1S/C23H22ClN5O4S/c1-13-6-8-23(9-7-13)21(32)29(22(33)26-23)27-17(30)10-28-12-25-19-18(20(28)31)16(11-34-19)14-2-4-15(24)5-3-14/h2-5,11-13H,6-10H2,1H3,(H,26,33)(H,27,30). The molecule has 1 saturated heterocycles. The van der Waals surface area contributed by atoms with Crippen molar-refractivity contribution in [3.05, 3.63) is 51.3 Å². The highest BCUT2D eigenvalue weighted by atomic mass is 35.5. The van der Waals surface area contributed by atoms with E-state index < -0.39 is 29.9 Å². The summed E-state index contributed by atoms with van der Waals surface area (Å²) in [5.74, 6) is -0.638. The third-order valence-corrected chi connectivity index (χ3v) is 7.69. The molecule has 11 heteroatoms. The van der Waals surface area contributed by atoms with E-state index in [1.807, 2.05) is 17.5 Å². The van der Waals surface area contributed by atoms with Crippen molar-refractivity contribution in [3.8, 4) is 11.1 Å². The molecule has 9 nitrogen and oxygen atoms in total. The van der Waals surface area contributed by atoms with Crippen molar-refractivity contribution in [2.24, 2.45) is 5.92 Å². The fraction of sp³-hybridized carbons (Fsp3) is 0.348. The second kappa shape index (κ2) is 8.52. The van der Waals surface area contributed by atoms with Crippen molar-refractivity contribution in [1.82, 2.24) is 25.3 Å². The lowest BCUT2D eigenvalue weighted by Crippen LogP contribution is -2.52. The van der Waals surface area contributed by atoms with Crippen LogP contribution in [0.2, 0.25) is 5.02 Å². The van der Waals surface area contributed by atoms with Crippen molar-refractivity contribution in [3.63, 3.8) is 0 Å². The lowest BCUT2D eigenvalue weighted by molar-refractivity contribution is -0.140. The quantitative estimate of drug-likeness (QED) is 0.535. The molecule has 5 rings (SSSR count). The molecule has 1 aliphatic carbocycles. The van der Waals surface area contributed by atoms with Crippen molar-refractivity contribution >= 4 is 51.0 Å². The number of amides is 4. The molecular formula is C23H22ClN5O4S. The number of hydrogen-bond donors (Lipinski definition) is 2. The molecule has 2 N–H and O–H groups in total. The van der Waals surface area contributed by atoms with Crippen LogP contribution in [0.4, 0.5) is 4.79 Å². The molecule has 176 valence electrons. The fourth-order valence-corrected chi connectivity index (χ4v) is 5.59. The Morgan fingerprint density at radius 1 is 1.24 bits per heavy atom. The first-order valence-electron chi connectivity index (χ1n) is 11.0. The van der Waals surface area contributed by atoms with Gasteiger partial charge in [0, 0.05) is 16.0 Å². The molecule has 1 aromatic carbocycles. The Balaban J connectivity index is 1.36. The third-order valence-electron chi connectivity index (χ3n) is 6.56. The van der Waals surface area contributed by atoms with Gasteiger partial charge in [0.2, 0.25) is 0 Å². The van der Waals surface area contributed by atoms with Gasteiger partial charge in [-0.05, 0) is 49.3 Å². The summed E-state index contributed by atoms with van der Waals surface area (Å²) in [4.78, 5) is 56.2. The van der Waals surface area contributed by atoms with Gasteiger partial charge < -0.3 is 5.32 Å². The first-order chi connectivity index (χ1) is 16.3. The van der Waals surface area contributed by atoms with Crippen molar-refractivity contribution in [1.29, 1.82) is 0 Å². The average molecular weight is 500 g/mol. The van der Waals surface area contributed by atoms with E-state index in [-0.39, 0.29) is 5.56 Å². The fourth-order valence-electron chi connectivity index (χ4n) is 4.55. The number of nitrogens with zero attached hydrogens (tertiary/aromatic N) is 3. The van der Waals surface area contributed by atoms with Crippen LogP contribution >= 0.6 is 22.9 Å². The summed E-state index contributed by atoms with van der Waals surface area (Å²) in [6.45, 7) is 1.72. The number of fused-ring (bicyclic) bond motifs is 1. The molecule has 34 heavy (non-hydrogen) atoms. The zero-order valence-corrected chi connectivity index (χ0v) is 19.9. The van der Waals surface area contributed by atoms with Crippen LogP contribution in [-0.4, -0.2) is 37.9 Å². The van der Waals surface area contributed by atoms with E-state index in [9.17, 15) is 19.2 Å². The predicted molar refractivity (Wildman–Crippen MR) is 128 cm³/mol. The number of carbonyl (C=O) groups excluding carboxylic acids is 3. The summed E-state index contributed by atoms with van der Waals surface area (Å²) in [6, 6.07) is 6.44. The minimum atomic E-state index is -0.960. The van der Waals surface area contributed by atoms with Crippen LogP contribution in [0, 0.1) is 5.92 Å². The number of imide groups is 1. The van der Waals surface area contributed by atoms with Gasteiger partial charge in [0.25, 0.3) is 17.4 Å². The molecule has 2 fully saturated rings. The lowest BCUT2D eigenvalue weighted by Gasteiger charge is -2.33. The third kappa shape index (κ3) is 3.86. The topological polar surface area (TPSA) is 113 Å². The van der Waals surface area contributed by atoms with Crippen LogP contribution in [0.5, 0.6) is 0 Å². The monoisotopic (exact) mass is 499 g/mol. The summed E-state index contributed by atoms with van der Waals surface area (Å²) in [7, 11) is 0. The minimum Gasteiger partial charge on any atom is -0.322 e. The predicted octanol–water partition coefficient (Wildman–Crippen LogP) is 3.31. The Bertz CT molecular complexity index is 1360. The Labute approximate surface area is 203 Å². The van der Waals surface area contributed by atoms with E-state index in [0.29, 0.717) is 39.6 Å². The zero-order valence-electron chi connectivity index (χ0n) is 18.3. The Morgan fingerprint density at radius 3 is 2.65 bits per heavy atom. The molecule has 3 heterocycles. The van der Waals surface area contributed by atoms with Gasteiger partial charge in [-0.15, -0.1) is 11.3 Å². The summed E-state index contributed by atoms with van der Waals surface area (Å²) in [5, 5.41) is 6.31. The normalized spacial score (nSPS) is 22.4. The van der Waals surface area contributed by atoms with Gasteiger partial charge in [-0.1, -0.05) is 30.7 Å². The molecule has 0 atom stereocenters. The number of rotatable bonds is 4. The van der Waals surface area contributed by atoms with Crippen molar-refractivity contribution in [2.75, 3.05) is 0 Å². The number of aromatic nitrogens is 2. The van der Waals surface area contributed by atoms with Gasteiger partial charge >= 0.3 is 6.03 Å². The average Bonchev–Trinajstić information content (AvgIpc) is 3.34. The van der Waals surface area contributed by atoms with Gasteiger partial charge in [0.05, 0.1) is 11.7 Å². The number of carbonyl (C=O) groups is 3. The highest BCUT2D eigenvalue weighted by Crippen LogP contribution is 2.36. The smallest absolute Gasteiger partial charge is 0.322 e. The highest BCUT2D eigenvalue weighted by Gasteiger charge is 2.52. The number of thiophene rings is 1. The van der Waals surface area contributed by atoms with E-state index in [4.69, 9.17) is 11.6 Å². The Morgan fingerprint density at radius 2 is 1.94 bits per heavy atom. The second-order valence-electron chi connectivity index (χ2n) is 8.88. The minimum absolute atomic E-state index is 0.388. The van der Waals surface area contributed by atoms with E-state index in [1.54, 1.807) is 12.1 Å². The van der Waals surface area contributed by atoms with E-state index >= 15 is 0 Å². The number of urea groups is 1. The maximum Gasteiger partial charge on any atom is 0.344 e. The molecule has 1 aliphatic heterocycles. The Kier molecular flexibility index (Phi) is 5.65. The van der Waals surface area contributed by atoms with Gasteiger partial charge in [-0.3, -0.25) is 24.4 Å². The van der Waals surface area contributed by atoms with Gasteiger partial charge in [-0.25, -0.2) is 9.78 Å². The first kappa shape index (κ1) is 22.5. The van der Waals surface area contributed by atoms with Gasteiger partial charge in [0.1, 0.15) is 16.9 Å². The number of hydrazine groups is 1. The van der Waals surface area contributed by atoms with Crippen LogP contribution in [0.25, 0.3) is 21.3 Å². The molecule has 1 spiro atoms. The van der Waals surface area contributed by atoms with Gasteiger partial charge in [-0.2, -0.15) is 5.01 Å². The van der Waals surface area contributed by atoms with Gasteiger partial charge in [0.15, 0.2) is 0 Å². The first-order valence-corrected chi connectivity index (χ1v) is 12.2. The van der Waals surface area contributed by atoms with E-state index in [2.05, 4.69) is 22.7 Å². The second-order valence-corrected chi connectivity index (χ2v) is 10.2. The summed E-state index contributed by atoms with van der Waals surface area (Å²) >= 11 is 7.30. The maximum atomic E-state index is 13.2. The SMILES string of the molecule is CC1CCC2(CC1)NC(=O)N(NC(=O)Cn1cnc3scc(-c4ccc(Cl)cc4)c3c1=O)C2=O. The molecule has 3 aromatic rings.